The molecule has 1 aliphatic heterocycles. The minimum Gasteiger partial charge on any atom is -0.379 e. The van der Waals surface area contributed by atoms with Crippen LogP contribution in [0.1, 0.15) is 38.8 Å². The van der Waals surface area contributed by atoms with Gasteiger partial charge in [0.2, 0.25) is 0 Å². The molecular formula is C19H32ClIN4O. The fraction of sp³-hybridized carbons (Fsp3) is 0.632. The summed E-state index contributed by atoms with van der Waals surface area (Å²) < 4.78 is 5.51. The maximum Gasteiger partial charge on any atom is 0.191 e. The first-order valence-electron chi connectivity index (χ1n) is 9.26. The van der Waals surface area contributed by atoms with Crippen LogP contribution in [-0.4, -0.2) is 56.3 Å². The van der Waals surface area contributed by atoms with Gasteiger partial charge in [-0.05, 0) is 31.9 Å². The van der Waals surface area contributed by atoms with Crippen LogP contribution in [0.4, 0.5) is 0 Å². The van der Waals surface area contributed by atoms with E-state index in [1.807, 2.05) is 18.2 Å². The first-order valence-corrected chi connectivity index (χ1v) is 9.64. The zero-order valence-electron chi connectivity index (χ0n) is 16.0. The maximum absolute atomic E-state index is 6.48. The quantitative estimate of drug-likeness (QED) is 0.345. The van der Waals surface area contributed by atoms with Crippen LogP contribution in [0.5, 0.6) is 0 Å². The molecule has 26 heavy (non-hydrogen) atoms. The van der Waals surface area contributed by atoms with Crippen molar-refractivity contribution in [1.82, 2.24) is 15.5 Å². The van der Waals surface area contributed by atoms with Crippen molar-refractivity contribution in [3.05, 3.63) is 34.9 Å². The Balaban J connectivity index is 0.00000338. The number of ether oxygens (including phenoxy) is 1. The lowest BCUT2D eigenvalue weighted by Gasteiger charge is -2.34. The van der Waals surface area contributed by atoms with Crippen molar-refractivity contribution in [1.29, 1.82) is 0 Å². The van der Waals surface area contributed by atoms with Crippen LogP contribution in [0.15, 0.2) is 29.3 Å². The Morgan fingerprint density at radius 1 is 1.27 bits per heavy atom. The van der Waals surface area contributed by atoms with Crippen LogP contribution >= 0.6 is 35.6 Å². The highest BCUT2D eigenvalue weighted by atomic mass is 127. The van der Waals surface area contributed by atoms with Gasteiger partial charge in [0, 0.05) is 30.7 Å². The number of hydrogen-bond acceptors (Lipinski definition) is 3. The molecule has 148 valence electrons. The van der Waals surface area contributed by atoms with E-state index in [4.69, 9.17) is 21.3 Å². The number of morpholine rings is 1. The number of rotatable bonds is 7. The first kappa shape index (κ1) is 23.5. The molecule has 2 rings (SSSR count). The maximum atomic E-state index is 6.48. The summed E-state index contributed by atoms with van der Waals surface area (Å²) in [4.78, 5) is 7.27. The van der Waals surface area contributed by atoms with Crippen molar-refractivity contribution in [3.63, 3.8) is 0 Å². The highest BCUT2D eigenvalue weighted by molar-refractivity contribution is 14.0. The van der Waals surface area contributed by atoms with Crippen LogP contribution in [0.25, 0.3) is 0 Å². The van der Waals surface area contributed by atoms with Gasteiger partial charge in [0.15, 0.2) is 5.96 Å². The van der Waals surface area contributed by atoms with Crippen molar-refractivity contribution in [3.8, 4) is 0 Å². The fourth-order valence-corrected chi connectivity index (χ4v) is 3.14. The molecule has 1 saturated heterocycles. The summed E-state index contributed by atoms with van der Waals surface area (Å²) in [6, 6.07) is 8.62. The summed E-state index contributed by atoms with van der Waals surface area (Å²) in [6.45, 7) is 11.3. The molecule has 2 unspecified atom stereocenters. The molecule has 2 N–H and O–H groups in total. The van der Waals surface area contributed by atoms with Crippen LogP contribution in [0, 0.1) is 0 Å². The molecule has 1 heterocycles. The highest BCUT2D eigenvalue weighted by Gasteiger charge is 2.24. The van der Waals surface area contributed by atoms with Gasteiger partial charge < -0.3 is 15.4 Å². The lowest BCUT2D eigenvalue weighted by Crippen LogP contribution is -2.43. The number of benzene rings is 1. The van der Waals surface area contributed by atoms with Crippen LogP contribution in [0.3, 0.4) is 0 Å². The van der Waals surface area contributed by atoms with Gasteiger partial charge in [0.1, 0.15) is 0 Å². The van der Waals surface area contributed by atoms with Crippen molar-refractivity contribution < 1.29 is 4.74 Å². The van der Waals surface area contributed by atoms with Gasteiger partial charge in [-0.1, -0.05) is 36.7 Å². The summed E-state index contributed by atoms with van der Waals surface area (Å²) >= 11 is 6.48. The third kappa shape index (κ3) is 7.21. The number of hydrogen-bond donors (Lipinski definition) is 2. The van der Waals surface area contributed by atoms with Crippen LogP contribution in [0.2, 0.25) is 5.02 Å². The predicted molar refractivity (Wildman–Crippen MR) is 121 cm³/mol. The van der Waals surface area contributed by atoms with E-state index in [0.717, 1.165) is 55.8 Å². The average molecular weight is 495 g/mol. The fourth-order valence-electron chi connectivity index (χ4n) is 2.88. The number of guanidine groups is 1. The zero-order chi connectivity index (χ0) is 18.1. The molecule has 0 spiro atoms. The third-order valence-electron chi connectivity index (χ3n) is 4.51. The lowest BCUT2D eigenvalue weighted by molar-refractivity contribution is 0.0180. The molecule has 0 aliphatic carbocycles. The molecule has 1 aliphatic rings. The number of aliphatic imine (C=N–C) groups is 1. The monoisotopic (exact) mass is 494 g/mol. The van der Waals surface area contributed by atoms with Gasteiger partial charge >= 0.3 is 0 Å². The van der Waals surface area contributed by atoms with Crippen molar-refractivity contribution >= 4 is 41.5 Å². The van der Waals surface area contributed by atoms with Crippen LogP contribution < -0.4 is 10.6 Å². The molecule has 1 aromatic rings. The van der Waals surface area contributed by atoms with Crippen LogP contribution in [-0.2, 0) is 4.74 Å². The molecule has 5 nitrogen and oxygen atoms in total. The van der Waals surface area contributed by atoms with Gasteiger partial charge in [-0.3, -0.25) is 9.89 Å². The Hall–Kier alpha value is -0.570. The van der Waals surface area contributed by atoms with E-state index in [-0.39, 0.29) is 30.0 Å². The molecule has 7 heteroatoms. The van der Waals surface area contributed by atoms with Gasteiger partial charge in [-0.2, -0.15) is 0 Å². The molecule has 0 amide bonds. The Morgan fingerprint density at radius 3 is 2.58 bits per heavy atom. The molecule has 0 aromatic heterocycles. The largest absolute Gasteiger partial charge is 0.379 e. The minimum absolute atomic E-state index is 0. The summed E-state index contributed by atoms with van der Waals surface area (Å²) in [5.41, 5.74) is 1.13. The van der Waals surface area contributed by atoms with Crippen molar-refractivity contribution in [2.75, 3.05) is 39.4 Å². The smallest absolute Gasteiger partial charge is 0.191 e. The standard InChI is InChI=1S/C19H31ClN4O.HI/c1-4-15(3)23-19(21-5-2)22-14-18(24-10-12-25-13-11-24)16-8-6-7-9-17(16)20;/h6-9,15,18H,4-5,10-14H2,1-3H3,(H2,21,22,23);1H. The van der Waals surface area contributed by atoms with Gasteiger partial charge in [-0.15, -0.1) is 24.0 Å². The Morgan fingerprint density at radius 2 is 1.96 bits per heavy atom. The van der Waals surface area contributed by atoms with Crippen molar-refractivity contribution in [2.24, 2.45) is 4.99 Å². The highest BCUT2D eigenvalue weighted by Crippen LogP contribution is 2.28. The second-order valence-corrected chi connectivity index (χ2v) is 6.77. The average Bonchev–Trinajstić information content (AvgIpc) is 2.64. The Bertz CT molecular complexity index is 552. The summed E-state index contributed by atoms with van der Waals surface area (Å²) in [5.74, 6) is 0.863. The van der Waals surface area contributed by atoms with E-state index in [1.54, 1.807) is 0 Å². The van der Waals surface area contributed by atoms with E-state index in [0.29, 0.717) is 12.6 Å². The summed E-state index contributed by atoms with van der Waals surface area (Å²) in [6.07, 6.45) is 1.06. The lowest BCUT2D eigenvalue weighted by atomic mass is 10.0. The summed E-state index contributed by atoms with van der Waals surface area (Å²) in [7, 11) is 0. The first-order chi connectivity index (χ1) is 12.2. The Labute approximate surface area is 179 Å². The van der Waals surface area contributed by atoms with E-state index in [9.17, 15) is 0 Å². The zero-order valence-corrected chi connectivity index (χ0v) is 19.1. The second kappa shape index (κ2) is 12.8. The molecule has 1 fully saturated rings. The Kier molecular flexibility index (Phi) is 11.5. The second-order valence-electron chi connectivity index (χ2n) is 6.36. The molecular weight excluding hydrogens is 463 g/mol. The van der Waals surface area contributed by atoms with E-state index in [2.05, 4.69) is 42.4 Å². The number of nitrogens with zero attached hydrogens (tertiary/aromatic N) is 2. The number of halogens is 2. The molecule has 0 bridgehead atoms. The predicted octanol–water partition coefficient (Wildman–Crippen LogP) is 3.68. The third-order valence-corrected chi connectivity index (χ3v) is 4.86. The van der Waals surface area contributed by atoms with E-state index in [1.165, 1.54) is 0 Å². The van der Waals surface area contributed by atoms with Crippen molar-refractivity contribution in [2.45, 2.75) is 39.3 Å². The minimum atomic E-state index is 0. The molecule has 0 radical (unpaired) electrons. The normalized spacial score (nSPS) is 17.9. The summed E-state index contributed by atoms with van der Waals surface area (Å²) in [5, 5.41) is 7.59. The van der Waals surface area contributed by atoms with Gasteiger partial charge in [-0.25, -0.2) is 0 Å². The topological polar surface area (TPSA) is 48.9 Å². The number of nitrogens with one attached hydrogen (secondary N) is 2. The van der Waals surface area contributed by atoms with E-state index < -0.39 is 0 Å². The van der Waals surface area contributed by atoms with Gasteiger partial charge in [0.25, 0.3) is 0 Å². The SMILES string of the molecule is CCNC(=NCC(c1ccccc1Cl)N1CCOCC1)NC(C)CC.I. The molecule has 1 aromatic carbocycles. The molecule has 0 saturated carbocycles. The van der Waals surface area contributed by atoms with Gasteiger partial charge in [0.05, 0.1) is 25.8 Å². The van der Waals surface area contributed by atoms with E-state index >= 15 is 0 Å². The molecule has 2 atom stereocenters.